The lowest BCUT2D eigenvalue weighted by Gasteiger charge is -2.18. The third kappa shape index (κ3) is 57.5. The first-order valence-corrected chi connectivity index (χ1v) is 28.6. The summed E-state index contributed by atoms with van der Waals surface area (Å²) < 4.78 is 16.8. The Bertz CT molecular complexity index is 1720. The van der Waals surface area contributed by atoms with Crippen LogP contribution in [-0.2, 0) is 28.6 Å². The van der Waals surface area contributed by atoms with Crippen molar-refractivity contribution in [2.45, 2.75) is 219 Å². The van der Waals surface area contributed by atoms with Gasteiger partial charge in [0.1, 0.15) is 13.2 Å². The Morgan fingerprint density at radius 2 is 0.493 bits per heavy atom. The standard InChI is InChI=1S/C67H102O6/c1-4-7-10-13-16-19-22-25-28-29-30-31-32-33-34-35-36-37-40-42-45-48-51-54-57-60-66(69)72-63-64(73-67(70)61-58-55-52-49-46-43-39-27-24-21-18-15-12-9-6-3)62-71-65(68)59-56-53-50-47-44-41-38-26-23-20-17-14-11-8-5-2/h7-12,16-21,25-28,30-31,33-34,36-39,42,45-46,49,64H,4-6,13-15,22-24,29,32,35,40-41,43-44,47-48,50-63H2,1-3H3/b10-7-,11-8-,12-9-,19-16-,20-17-,21-18-,28-25-,31-30-,34-33-,37-36-,38-26-,39-27-,45-42-,49-46-. The van der Waals surface area contributed by atoms with Gasteiger partial charge in [-0.3, -0.25) is 14.4 Å². The maximum Gasteiger partial charge on any atom is 0.306 e. The predicted molar refractivity (Wildman–Crippen MR) is 315 cm³/mol. The highest BCUT2D eigenvalue weighted by Gasteiger charge is 2.19. The molecular formula is C67H102O6. The van der Waals surface area contributed by atoms with Gasteiger partial charge in [0.05, 0.1) is 0 Å². The van der Waals surface area contributed by atoms with Gasteiger partial charge in [-0.2, -0.15) is 0 Å². The summed E-state index contributed by atoms with van der Waals surface area (Å²) in [5.74, 6) is -1.03. The van der Waals surface area contributed by atoms with E-state index in [2.05, 4.69) is 191 Å². The van der Waals surface area contributed by atoms with Crippen LogP contribution in [0.5, 0.6) is 0 Å². The summed E-state index contributed by atoms with van der Waals surface area (Å²) in [4.78, 5) is 38.1. The summed E-state index contributed by atoms with van der Waals surface area (Å²) in [7, 11) is 0. The van der Waals surface area contributed by atoms with E-state index in [4.69, 9.17) is 14.2 Å². The number of carbonyl (C=O) groups is 3. The fraction of sp³-hybridized carbons (Fsp3) is 0.537. The Hall–Kier alpha value is -5.23. The SMILES string of the molecule is CC/C=C\C/C=C\C/C=C\C/C=C\C/C=C\C/C=C\C/C=C\CCCCCC(=O)OCC(COC(=O)CCCCCCC/C=C\C/C=C\C/C=C\CC)OC(=O)CCCC/C=C\C/C=C\C/C=C\C/C=C\CC. The summed E-state index contributed by atoms with van der Waals surface area (Å²) in [6.45, 7) is 6.20. The number of rotatable bonds is 49. The molecule has 0 heterocycles. The molecule has 0 saturated heterocycles. The molecule has 1 unspecified atom stereocenters. The van der Waals surface area contributed by atoms with Gasteiger partial charge in [0.15, 0.2) is 6.10 Å². The van der Waals surface area contributed by atoms with E-state index in [1.54, 1.807) is 0 Å². The summed E-state index contributed by atoms with van der Waals surface area (Å²) in [5, 5.41) is 0. The monoisotopic (exact) mass is 1000 g/mol. The quantitative estimate of drug-likeness (QED) is 0.0261. The highest BCUT2D eigenvalue weighted by atomic mass is 16.6. The van der Waals surface area contributed by atoms with Crippen LogP contribution in [0.15, 0.2) is 170 Å². The summed E-state index contributed by atoms with van der Waals surface area (Å²) in [6, 6.07) is 0. The molecule has 0 bridgehead atoms. The normalized spacial score (nSPS) is 13.4. The van der Waals surface area contributed by atoms with Crippen LogP contribution in [-0.4, -0.2) is 37.2 Å². The van der Waals surface area contributed by atoms with E-state index >= 15 is 0 Å². The summed E-state index contributed by atoms with van der Waals surface area (Å²) >= 11 is 0. The average Bonchev–Trinajstić information content (AvgIpc) is 3.39. The van der Waals surface area contributed by atoms with Crippen molar-refractivity contribution in [3.05, 3.63) is 170 Å². The molecule has 0 saturated carbocycles. The second-order valence-electron chi connectivity index (χ2n) is 18.0. The highest BCUT2D eigenvalue weighted by molar-refractivity contribution is 5.71. The maximum atomic E-state index is 12.8. The molecule has 73 heavy (non-hydrogen) atoms. The Morgan fingerprint density at radius 3 is 0.808 bits per heavy atom. The zero-order valence-corrected chi connectivity index (χ0v) is 46.3. The lowest BCUT2D eigenvalue weighted by Crippen LogP contribution is -2.30. The Morgan fingerprint density at radius 1 is 0.274 bits per heavy atom. The molecule has 0 rings (SSSR count). The predicted octanol–water partition coefficient (Wildman–Crippen LogP) is 19.5. The molecule has 0 aliphatic rings. The van der Waals surface area contributed by atoms with Gasteiger partial charge in [0.2, 0.25) is 0 Å². The molecular weight excluding hydrogens is 901 g/mol. The second-order valence-corrected chi connectivity index (χ2v) is 18.0. The molecule has 0 aromatic rings. The highest BCUT2D eigenvalue weighted by Crippen LogP contribution is 2.12. The average molecular weight is 1000 g/mol. The molecule has 0 N–H and O–H groups in total. The van der Waals surface area contributed by atoms with Crippen LogP contribution < -0.4 is 0 Å². The van der Waals surface area contributed by atoms with Gasteiger partial charge < -0.3 is 14.2 Å². The topological polar surface area (TPSA) is 78.9 Å². The van der Waals surface area contributed by atoms with Crippen molar-refractivity contribution < 1.29 is 28.6 Å². The maximum absolute atomic E-state index is 12.8. The Kier molecular flexibility index (Phi) is 55.1. The molecule has 406 valence electrons. The lowest BCUT2D eigenvalue weighted by atomic mass is 10.1. The van der Waals surface area contributed by atoms with Crippen LogP contribution in [0.25, 0.3) is 0 Å². The van der Waals surface area contributed by atoms with Crippen molar-refractivity contribution in [1.29, 1.82) is 0 Å². The molecule has 1 atom stereocenters. The van der Waals surface area contributed by atoms with Crippen LogP contribution in [0, 0.1) is 0 Å². The molecule has 6 heteroatoms. The van der Waals surface area contributed by atoms with Crippen LogP contribution in [0.4, 0.5) is 0 Å². The molecule has 6 nitrogen and oxygen atoms in total. The Labute approximate surface area is 447 Å². The summed E-state index contributed by atoms with van der Waals surface area (Å²) in [5.41, 5.74) is 0. The summed E-state index contributed by atoms with van der Waals surface area (Å²) in [6.07, 6.45) is 87.7. The first-order valence-electron chi connectivity index (χ1n) is 28.6. The third-order valence-electron chi connectivity index (χ3n) is 11.2. The van der Waals surface area contributed by atoms with E-state index in [0.717, 1.165) is 167 Å². The minimum Gasteiger partial charge on any atom is -0.462 e. The largest absolute Gasteiger partial charge is 0.462 e. The number of esters is 3. The number of hydrogen-bond acceptors (Lipinski definition) is 6. The molecule has 0 fully saturated rings. The van der Waals surface area contributed by atoms with Gasteiger partial charge in [-0.1, -0.05) is 217 Å². The molecule has 0 spiro atoms. The van der Waals surface area contributed by atoms with Crippen LogP contribution >= 0.6 is 0 Å². The molecule has 0 radical (unpaired) electrons. The number of carbonyl (C=O) groups excluding carboxylic acids is 3. The lowest BCUT2D eigenvalue weighted by molar-refractivity contribution is -0.167. The van der Waals surface area contributed by atoms with E-state index in [1.165, 1.54) is 0 Å². The minimum atomic E-state index is -0.831. The van der Waals surface area contributed by atoms with E-state index in [-0.39, 0.29) is 37.5 Å². The van der Waals surface area contributed by atoms with Gasteiger partial charge in [-0.15, -0.1) is 0 Å². The number of ether oxygens (including phenoxy) is 3. The van der Waals surface area contributed by atoms with Gasteiger partial charge in [0.25, 0.3) is 0 Å². The first-order chi connectivity index (χ1) is 36.0. The van der Waals surface area contributed by atoms with Gasteiger partial charge in [0, 0.05) is 19.3 Å². The van der Waals surface area contributed by atoms with Gasteiger partial charge in [-0.05, 0) is 148 Å². The van der Waals surface area contributed by atoms with Crippen LogP contribution in [0.2, 0.25) is 0 Å². The zero-order chi connectivity index (χ0) is 52.9. The molecule has 0 aromatic carbocycles. The van der Waals surface area contributed by atoms with Crippen molar-refractivity contribution >= 4 is 17.9 Å². The van der Waals surface area contributed by atoms with E-state index < -0.39 is 6.10 Å². The van der Waals surface area contributed by atoms with Crippen molar-refractivity contribution in [3.8, 4) is 0 Å². The molecule has 0 aliphatic heterocycles. The number of allylic oxidation sites excluding steroid dienone is 28. The van der Waals surface area contributed by atoms with E-state index in [9.17, 15) is 14.4 Å². The van der Waals surface area contributed by atoms with Crippen molar-refractivity contribution in [2.24, 2.45) is 0 Å². The van der Waals surface area contributed by atoms with Gasteiger partial charge >= 0.3 is 17.9 Å². The second kappa shape index (κ2) is 59.3. The van der Waals surface area contributed by atoms with E-state index in [1.807, 2.05) is 0 Å². The van der Waals surface area contributed by atoms with Crippen LogP contribution in [0.3, 0.4) is 0 Å². The minimum absolute atomic E-state index is 0.123. The third-order valence-corrected chi connectivity index (χ3v) is 11.2. The van der Waals surface area contributed by atoms with Crippen LogP contribution in [0.1, 0.15) is 213 Å². The molecule has 0 aromatic heterocycles. The number of hydrogen-bond donors (Lipinski definition) is 0. The number of unbranched alkanes of at least 4 members (excludes halogenated alkanes) is 10. The fourth-order valence-corrected chi connectivity index (χ4v) is 7.01. The Balaban J connectivity index is 4.53. The molecule has 0 aliphatic carbocycles. The van der Waals surface area contributed by atoms with Gasteiger partial charge in [-0.25, -0.2) is 0 Å². The van der Waals surface area contributed by atoms with Crippen molar-refractivity contribution in [2.75, 3.05) is 13.2 Å². The zero-order valence-electron chi connectivity index (χ0n) is 46.3. The first kappa shape index (κ1) is 67.8. The fourth-order valence-electron chi connectivity index (χ4n) is 7.01. The van der Waals surface area contributed by atoms with Crippen molar-refractivity contribution in [3.63, 3.8) is 0 Å². The smallest absolute Gasteiger partial charge is 0.306 e. The van der Waals surface area contributed by atoms with Crippen molar-refractivity contribution in [1.82, 2.24) is 0 Å². The molecule has 0 amide bonds. The van der Waals surface area contributed by atoms with E-state index in [0.29, 0.717) is 19.3 Å².